The highest BCUT2D eigenvalue weighted by Gasteiger charge is 2.30. The first-order valence-electron chi connectivity index (χ1n) is 10.1. The summed E-state index contributed by atoms with van der Waals surface area (Å²) in [6, 6.07) is 1.38. The number of hydrogen-bond acceptors (Lipinski definition) is 5. The first kappa shape index (κ1) is 24.1. The number of nitrogens with zero attached hydrogens (tertiary/aromatic N) is 3. The van der Waals surface area contributed by atoms with Gasteiger partial charge in [-0.2, -0.15) is 0 Å². The molecule has 0 spiro atoms. The van der Waals surface area contributed by atoms with Crippen LogP contribution >= 0.6 is 0 Å². The van der Waals surface area contributed by atoms with Crippen LogP contribution in [0.3, 0.4) is 0 Å². The Morgan fingerprint density at radius 2 is 1.67 bits per heavy atom. The number of aromatic nitrogens is 1. The summed E-state index contributed by atoms with van der Waals surface area (Å²) >= 11 is 0. The molecule has 0 unspecified atom stereocenters. The van der Waals surface area contributed by atoms with Gasteiger partial charge in [-0.15, -0.1) is 0 Å². The van der Waals surface area contributed by atoms with Crippen LogP contribution in [0.2, 0.25) is 0 Å². The molecule has 0 bridgehead atoms. The van der Waals surface area contributed by atoms with Crippen molar-refractivity contribution >= 4 is 27.5 Å². The van der Waals surface area contributed by atoms with E-state index in [4.69, 9.17) is 0 Å². The zero-order valence-electron chi connectivity index (χ0n) is 18.5. The lowest BCUT2D eigenvalue weighted by Crippen LogP contribution is -2.43. The van der Waals surface area contributed by atoms with Crippen LogP contribution in [0.25, 0.3) is 0 Å². The molecule has 0 atom stereocenters. The van der Waals surface area contributed by atoms with Crippen LogP contribution in [0, 0.1) is 5.92 Å². The molecule has 1 fully saturated rings. The van der Waals surface area contributed by atoms with Crippen molar-refractivity contribution in [1.82, 2.24) is 13.8 Å². The quantitative estimate of drug-likeness (QED) is 0.716. The van der Waals surface area contributed by atoms with E-state index in [1.54, 1.807) is 4.90 Å². The Morgan fingerprint density at radius 3 is 2.13 bits per heavy atom. The molecule has 30 heavy (non-hydrogen) atoms. The fraction of sp³-hybridized carbons (Fsp3) is 0.650. The van der Waals surface area contributed by atoms with Crippen LogP contribution in [0.4, 0.5) is 5.69 Å². The van der Waals surface area contributed by atoms with Gasteiger partial charge in [0.15, 0.2) is 0 Å². The number of aryl methyl sites for hydroxylation is 1. The van der Waals surface area contributed by atoms with Crippen LogP contribution < -0.4 is 10.9 Å². The second-order valence-corrected chi connectivity index (χ2v) is 10.4. The average Bonchev–Trinajstić information content (AvgIpc) is 2.63. The van der Waals surface area contributed by atoms with Gasteiger partial charge < -0.3 is 14.8 Å². The third kappa shape index (κ3) is 5.48. The van der Waals surface area contributed by atoms with Gasteiger partial charge in [-0.3, -0.25) is 14.4 Å². The summed E-state index contributed by atoms with van der Waals surface area (Å²) in [5.41, 5.74) is -0.0397. The smallest absolute Gasteiger partial charge is 0.274 e. The van der Waals surface area contributed by atoms with Crippen molar-refractivity contribution in [3.05, 3.63) is 28.2 Å². The molecule has 2 amide bonds. The highest BCUT2D eigenvalue weighted by Crippen LogP contribution is 2.21. The van der Waals surface area contributed by atoms with E-state index in [0.29, 0.717) is 18.4 Å². The zero-order chi connectivity index (χ0) is 22.8. The summed E-state index contributed by atoms with van der Waals surface area (Å²) in [4.78, 5) is 39.9. The minimum absolute atomic E-state index is 0.0206. The molecule has 1 saturated heterocycles. The van der Waals surface area contributed by atoms with Gasteiger partial charge in [-0.25, -0.2) is 12.7 Å². The molecule has 0 radical (unpaired) electrons. The van der Waals surface area contributed by atoms with Gasteiger partial charge in [0.1, 0.15) is 5.69 Å². The molecule has 2 heterocycles. The Labute approximate surface area is 178 Å². The van der Waals surface area contributed by atoms with Crippen molar-refractivity contribution in [2.75, 3.05) is 24.7 Å². The van der Waals surface area contributed by atoms with Gasteiger partial charge in [-0.1, -0.05) is 0 Å². The lowest BCUT2D eigenvalue weighted by molar-refractivity contribution is -0.120. The predicted octanol–water partition coefficient (Wildman–Crippen LogP) is 1.25. The number of amides is 2. The van der Waals surface area contributed by atoms with Gasteiger partial charge in [0.2, 0.25) is 15.9 Å². The minimum atomic E-state index is -3.28. The molecular weight excluding hydrogens is 408 g/mol. The van der Waals surface area contributed by atoms with Crippen LogP contribution in [-0.4, -0.2) is 65.4 Å². The molecule has 168 valence electrons. The van der Waals surface area contributed by atoms with E-state index in [2.05, 4.69) is 5.32 Å². The van der Waals surface area contributed by atoms with Crippen LogP contribution in [0.5, 0.6) is 0 Å². The van der Waals surface area contributed by atoms with Crippen LogP contribution in [0.1, 0.15) is 50.9 Å². The lowest BCUT2D eigenvalue weighted by atomic mass is 9.97. The Morgan fingerprint density at radius 1 is 1.13 bits per heavy atom. The molecule has 0 aliphatic carbocycles. The standard InChI is InChI=1S/C20H32N4O5S/c1-13(2)24(14(3)4)19(26)16-11-17(20(27)22(5)12-16)21-18(25)15-7-9-23(10-8-15)30(6,28)29/h11-15H,7-10H2,1-6H3,(H,21,25). The van der Waals surface area contributed by atoms with Crippen molar-refractivity contribution in [1.29, 1.82) is 0 Å². The van der Waals surface area contributed by atoms with Crippen molar-refractivity contribution < 1.29 is 18.0 Å². The van der Waals surface area contributed by atoms with Gasteiger partial charge >= 0.3 is 0 Å². The normalized spacial score (nSPS) is 16.1. The molecule has 1 aromatic rings. The summed E-state index contributed by atoms with van der Waals surface area (Å²) in [7, 11) is -1.74. The van der Waals surface area contributed by atoms with Gasteiger partial charge in [0.25, 0.3) is 11.5 Å². The molecule has 9 nitrogen and oxygen atoms in total. The molecule has 10 heteroatoms. The number of carbonyl (C=O) groups excluding carboxylic acids is 2. The number of sulfonamides is 1. The van der Waals surface area contributed by atoms with Gasteiger partial charge in [0, 0.05) is 44.3 Å². The number of piperidine rings is 1. The molecular formula is C20H32N4O5S. The van der Waals surface area contributed by atoms with Crippen molar-refractivity contribution in [3.8, 4) is 0 Å². The highest BCUT2D eigenvalue weighted by molar-refractivity contribution is 7.88. The van der Waals surface area contributed by atoms with Crippen molar-refractivity contribution in [3.63, 3.8) is 0 Å². The average molecular weight is 441 g/mol. The van der Waals surface area contributed by atoms with E-state index >= 15 is 0 Å². The van der Waals surface area contributed by atoms with Crippen molar-refractivity contribution in [2.45, 2.75) is 52.6 Å². The number of rotatable bonds is 6. The highest BCUT2D eigenvalue weighted by atomic mass is 32.2. The van der Waals surface area contributed by atoms with Crippen molar-refractivity contribution in [2.24, 2.45) is 13.0 Å². The zero-order valence-corrected chi connectivity index (χ0v) is 19.3. The maximum atomic E-state index is 13.0. The minimum Gasteiger partial charge on any atom is -0.334 e. The lowest BCUT2D eigenvalue weighted by Gasteiger charge is -2.31. The Balaban J connectivity index is 2.21. The molecule has 0 saturated carbocycles. The van der Waals surface area contributed by atoms with E-state index in [-0.39, 0.29) is 42.7 Å². The third-order valence-corrected chi connectivity index (χ3v) is 6.63. The maximum Gasteiger partial charge on any atom is 0.274 e. The number of anilines is 1. The third-order valence-electron chi connectivity index (χ3n) is 5.33. The Hall–Kier alpha value is -2.20. The largest absolute Gasteiger partial charge is 0.334 e. The van der Waals surface area contributed by atoms with E-state index in [0.717, 1.165) is 6.26 Å². The van der Waals surface area contributed by atoms with Crippen LogP contribution in [-0.2, 0) is 21.9 Å². The molecule has 1 N–H and O–H groups in total. The fourth-order valence-electron chi connectivity index (χ4n) is 3.82. The molecule has 2 rings (SSSR count). The van der Waals surface area contributed by atoms with E-state index in [9.17, 15) is 22.8 Å². The summed E-state index contributed by atoms with van der Waals surface area (Å²) < 4.78 is 25.9. The summed E-state index contributed by atoms with van der Waals surface area (Å²) in [5, 5.41) is 2.66. The Kier molecular flexibility index (Phi) is 7.46. The summed E-state index contributed by atoms with van der Waals surface area (Å²) in [5.74, 6) is -0.947. The summed E-state index contributed by atoms with van der Waals surface area (Å²) in [6.07, 6.45) is 3.39. The fourth-order valence-corrected chi connectivity index (χ4v) is 4.69. The number of pyridine rings is 1. The molecule has 0 aromatic carbocycles. The van der Waals surface area contributed by atoms with Gasteiger partial charge in [-0.05, 0) is 46.6 Å². The molecule has 1 aliphatic rings. The van der Waals surface area contributed by atoms with E-state index in [1.165, 1.54) is 28.2 Å². The second kappa shape index (κ2) is 9.30. The summed E-state index contributed by atoms with van der Waals surface area (Å²) in [6.45, 7) is 8.23. The molecule has 1 aliphatic heterocycles. The first-order valence-corrected chi connectivity index (χ1v) is 12.0. The number of carbonyl (C=O) groups is 2. The monoisotopic (exact) mass is 440 g/mol. The SMILES string of the molecule is CC(C)N(C(=O)c1cc(NC(=O)C2CCN(S(C)(=O)=O)CC2)c(=O)n(C)c1)C(C)C. The topological polar surface area (TPSA) is 109 Å². The molecule has 1 aromatic heterocycles. The van der Waals surface area contributed by atoms with Crippen LogP contribution in [0.15, 0.2) is 17.1 Å². The number of hydrogen-bond donors (Lipinski definition) is 1. The van der Waals surface area contributed by atoms with E-state index in [1.807, 2.05) is 27.7 Å². The Bertz CT molecular complexity index is 952. The maximum absolute atomic E-state index is 13.0. The number of nitrogens with one attached hydrogen (secondary N) is 1. The predicted molar refractivity (Wildman–Crippen MR) is 116 cm³/mol. The van der Waals surface area contributed by atoms with Gasteiger partial charge in [0.05, 0.1) is 11.8 Å². The first-order chi connectivity index (χ1) is 13.8. The van der Waals surface area contributed by atoms with E-state index < -0.39 is 21.5 Å². The second-order valence-electron chi connectivity index (χ2n) is 8.38.